The second kappa shape index (κ2) is 19.5. The summed E-state index contributed by atoms with van der Waals surface area (Å²) in [5, 5.41) is 1.16. The van der Waals surface area contributed by atoms with Gasteiger partial charge in [-0.1, -0.05) is 155 Å². The molecule has 0 aliphatic rings. The third kappa shape index (κ3) is 8.95. The number of benzene rings is 8. The Morgan fingerprint density at radius 3 is 1.85 bits per heavy atom. The third-order valence-electron chi connectivity index (χ3n) is 12.2. The molecule has 8 aromatic carbocycles. The Labute approximate surface area is 413 Å². The van der Waals surface area contributed by atoms with Crippen LogP contribution in [0.5, 0.6) is 0 Å². The molecule has 337 valence electrons. The number of fused-ring (bicyclic) bond motifs is 4. The van der Waals surface area contributed by atoms with E-state index in [-0.39, 0.29) is 49.1 Å². The molecule has 0 fully saturated rings. The number of halogens is 2. The average Bonchev–Trinajstić information content (AvgIpc) is 3.96. The van der Waals surface area contributed by atoms with Gasteiger partial charge in [-0.05, 0) is 110 Å². The van der Waals surface area contributed by atoms with Gasteiger partial charge in [-0.15, -0.1) is 42.0 Å². The summed E-state index contributed by atoms with van der Waals surface area (Å²) >= 11 is 0. The van der Waals surface area contributed by atoms with E-state index in [0.29, 0.717) is 39.2 Å². The van der Waals surface area contributed by atoms with Crippen LogP contribution in [0.4, 0.5) is 8.78 Å². The van der Waals surface area contributed by atoms with Crippen LogP contribution in [0.1, 0.15) is 60.3 Å². The summed E-state index contributed by atoms with van der Waals surface area (Å²) in [6, 6.07) is 62.9. The van der Waals surface area contributed by atoms with Crippen LogP contribution >= 0.6 is 0 Å². The summed E-state index contributed by atoms with van der Waals surface area (Å²) in [7, 11) is 0. The van der Waals surface area contributed by atoms with E-state index in [2.05, 4.69) is 128 Å². The number of pyridine rings is 1. The number of imidazole rings is 1. The van der Waals surface area contributed by atoms with Crippen molar-refractivity contribution in [1.82, 2.24) is 14.5 Å². The monoisotopic (exact) mass is 1070 g/mol. The molecule has 0 atom stereocenters. The summed E-state index contributed by atoms with van der Waals surface area (Å²) in [6.07, 6.45) is 1.31. The summed E-state index contributed by atoms with van der Waals surface area (Å²) in [4.78, 5) is 9.28. The molecule has 0 saturated heterocycles. The first kappa shape index (κ1) is 42.1. The molecule has 0 aliphatic heterocycles. The van der Waals surface area contributed by atoms with Crippen molar-refractivity contribution in [1.29, 1.82) is 0 Å². The number of aryl methyl sites for hydroxylation is 1. The molecule has 0 N–H and O–H groups in total. The van der Waals surface area contributed by atoms with Crippen LogP contribution in [0.15, 0.2) is 187 Å². The predicted molar refractivity (Wildman–Crippen MR) is 270 cm³/mol. The second-order valence-electron chi connectivity index (χ2n) is 17.3. The quantitative estimate of drug-likeness (QED) is 0.142. The maximum atomic E-state index is 15.8. The van der Waals surface area contributed by atoms with Crippen LogP contribution in [-0.2, 0) is 20.1 Å². The number of furan rings is 1. The number of hydrogen-bond acceptors (Lipinski definition) is 3. The minimum Gasteiger partial charge on any atom is -0.500 e. The SMILES string of the molecule is CC(C)c1cc(-c2ccc(-c3ccccc3)cc2)cc(C(C)C)c1-n1c(-c2[c-]cc(F)c3c2oc2cc(-c4ccccc4)ccc23)nc2ccccc21.[2H]C([2H])([2H])c1ccc(-c2[c-]cc(F)cc2)nc1.[Ir]. The fraction of sp³-hybridized carbons (Fsp3) is 0.115. The van der Waals surface area contributed by atoms with E-state index in [1.54, 1.807) is 12.1 Å². The van der Waals surface area contributed by atoms with Crippen LogP contribution in [0.25, 0.3) is 94.7 Å². The fourth-order valence-electron chi connectivity index (χ4n) is 8.77. The van der Waals surface area contributed by atoms with E-state index in [4.69, 9.17) is 13.5 Å². The molecule has 3 aromatic heterocycles. The maximum absolute atomic E-state index is 15.8. The molecule has 0 unspecified atom stereocenters. The van der Waals surface area contributed by atoms with Gasteiger partial charge in [0.25, 0.3) is 0 Å². The first-order valence-electron chi connectivity index (χ1n) is 23.9. The zero-order chi connectivity index (χ0) is 48.7. The van der Waals surface area contributed by atoms with Crippen molar-refractivity contribution < 1.29 is 37.4 Å². The van der Waals surface area contributed by atoms with E-state index in [0.717, 1.165) is 33.2 Å². The van der Waals surface area contributed by atoms with Crippen LogP contribution in [-0.4, -0.2) is 14.5 Å². The average molecular weight is 1070 g/mol. The molecule has 0 amide bonds. The van der Waals surface area contributed by atoms with Crippen molar-refractivity contribution in [3.05, 3.63) is 223 Å². The van der Waals surface area contributed by atoms with Crippen molar-refractivity contribution >= 4 is 33.0 Å². The molecule has 0 spiro atoms. The first-order valence-corrected chi connectivity index (χ1v) is 22.4. The van der Waals surface area contributed by atoms with Crippen LogP contribution in [0, 0.1) is 30.6 Å². The molecule has 0 saturated carbocycles. The molecule has 11 aromatic rings. The van der Waals surface area contributed by atoms with Crippen molar-refractivity contribution in [2.75, 3.05) is 0 Å². The molecular formula is C61H47F2IrN3O-2. The molecule has 7 heteroatoms. The molecular weight excluding hydrogens is 1020 g/mol. The van der Waals surface area contributed by atoms with Gasteiger partial charge in [0.2, 0.25) is 0 Å². The number of nitrogens with zero attached hydrogens (tertiary/aromatic N) is 3. The van der Waals surface area contributed by atoms with Crippen molar-refractivity contribution in [2.24, 2.45) is 0 Å². The van der Waals surface area contributed by atoms with E-state index < -0.39 is 6.85 Å². The Hall–Kier alpha value is -7.31. The van der Waals surface area contributed by atoms with Gasteiger partial charge >= 0.3 is 0 Å². The molecule has 4 nitrogen and oxygen atoms in total. The van der Waals surface area contributed by atoms with E-state index >= 15 is 4.39 Å². The Balaban J connectivity index is 0.000000294. The maximum Gasteiger partial charge on any atom is 0.121 e. The molecule has 3 heterocycles. The standard InChI is InChI=1S/C49H38FN2O.C12H9FN.Ir/c1-30(2)40-27-37(35-21-19-34(20-22-35)32-13-7-5-8-14-32)28-41(31(3)4)47(40)52-44-18-12-11-17-43(44)51-49(52)39-25-26-42(50)46-38-24-23-36(29-45(38)53-48(39)46)33-15-9-6-10-16-33;1-9-2-7-12(14-8-9)10-3-5-11(13)6-4-10;/h5-24,26-31H,1-4H3;2-3,5-8H,1H3;/q2*-1;/i;1D3;. The summed E-state index contributed by atoms with van der Waals surface area (Å²) in [5.41, 5.74) is 15.2. The fourth-order valence-corrected chi connectivity index (χ4v) is 8.77. The topological polar surface area (TPSA) is 43.9 Å². The Morgan fingerprint density at radius 2 is 1.24 bits per heavy atom. The molecule has 11 rings (SSSR count). The summed E-state index contributed by atoms with van der Waals surface area (Å²) in [6.45, 7) is 6.83. The molecule has 1 radical (unpaired) electrons. The smallest absolute Gasteiger partial charge is 0.121 e. The number of para-hydroxylation sites is 2. The van der Waals surface area contributed by atoms with E-state index in [9.17, 15) is 4.39 Å². The van der Waals surface area contributed by atoms with Gasteiger partial charge in [0.15, 0.2) is 0 Å². The minimum absolute atomic E-state index is 0. The number of rotatable bonds is 8. The Bertz CT molecular complexity index is 3620. The van der Waals surface area contributed by atoms with Gasteiger partial charge in [-0.3, -0.25) is 13.8 Å². The van der Waals surface area contributed by atoms with E-state index in [1.165, 1.54) is 63.8 Å². The van der Waals surface area contributed by atoms with Gasteiger partial charge in [-0.2, -0.15) is 0 Å². The molecule has 68 heavy (non-hydrogen) atoms. The normalized spacial score (nSPS) is 12.1. The van der Waals surface area contributed by atoms with E-state index in [1.807, 2.05) is 60.7 Å². The second-order valence-corrected chi connectivity index (χ2v) is 17.3. The Kier molecular flexibility index (Phi) is 12.1. The number of hydrogen-bond donors (Lipinski definition) is 0. The third-order valence-corrected chi connectivity index (χ3v) is 12.2. The number of aromatic nitrogens is 3. The zero-order valence-corrected chi connectivity index (χ0v) is 40.2. The zero-order valence-electron chi connectivity index (χ0n) is 40.8. The van der Waals surface area contributed by atoms with Crippen LogP contribution in [0.3, 0.4) is 0 Å². The first-order chi connectivity index (χ1) is 33.8. The summed E-state index contributed by atoms with van der Waals surface area (Å²) < 4.78 is 59.1. The minimum atomic E-state index is -2.15. The van der Waals surface area contributed by atoms with Gasteiger partial charge < -0.3 is 14.0 Å². The van der Waals surface area contributed by atoms with Gasteiger partial charge in [-0.25, -0.2) is 0 Å². The summed E-state index contributed by atoms with van der Waals surface area (Å²) in [5.74, 6) is 0.320. The Morgan fingerprint density at radius 1 is 0.618 bits per heavy atom. The largest absolute Gasteiger partial charge is 0.500 e. The van der Waals surface area contributed by atoms with Crippen molar-refractivity contribution in [2.45, 2.75) is 46.4 Å². The van der Waals surface area contributed by atoms with Crippen LogP contribution in [0.2, 0.25) is 0 Å². The predicted octanol–water partition coefficient (Wildman–Crippen LogP) is 16.8. The van der Waals surface area contributed by atoms with Crippen molar-refractivity contribution in [3.63, 3.8) is 0 Å². The molecule has 0 bridgehead atoms. The van der Waals surface area contributed by atoms with Crippen molar-refractivity contribution in [3.8, 4) is 61.7 Å². The van der Waals surface area contributed by atoms with Gasteiger partial charge in [0.05, 0.1) is 22.4 Å². The molecule has 0 aliphatic carbocycles. The van der Waals surface area contributed by atoms with Gasteiger partial charge in [0, 0.05) is 53.1 Å². The van der Waals surface area contributed by atoms with Crippen LogP contribution < -0.4 is 0 Å². The van der Waals surface area contributed by atoms with Gasteiger partial charge in [0.1, 0.15) is 5.58 Å².